The Kier molecular flexibility index (Phi) is 9.06. The van der Waals surface area contributed by atoms with Crippen LogP contribution < -0.4 is 0 Å². The molecule has 29 heavy (non-hydrogen) atoms. The number of nitrogens with zero attached hydrogens (tertiary/aromatic N) is 1. The minimum absolute atomic E-state index is 0.0608. The number of hydrogen-bond acceptors (Lipinski definition) is 1. The average Bonchev–Trinajstić information content (AvgIpc) is 2.62. The molecule has 2 unspecified atom stereocenters. The van der Waals surface area contributed by atoms with E-state index in [0.29, 0.717) is 11.5 Å². The summed E-state index contributed by atoms with van der Waals surface area (Å²) in [5.41, 5.74) is 1.52. The van der Waals surface area contributed by atoms with Crippen molar-refractivity contribution in [3.8, 4) is 0 Å². The van der Waals surface area contributed by atoms with Crippen molar-refractivity contribution >= 4 is 0 Å². The lowest BCUT2D eigenvalue weighted by atomic mass is 9.71. The zero-order chi connectivity index (χ0) is 21.5. The summed E-state index contributed by atoms with van der Waals surface area (Å²) in [6.07, 6.45) is 3.52. The Bertz CT molecular complexity index is 608. The third-order valence-corrected chi connectivity index (χ3v) is 6.56. The molecule has 0 spiro atoms. The van der Waals surface area contributed by atoms with E-state index in [1.54, 1.807) is 6.07 Å². The molecule has 0 amide bonds. The van der Waals surface area contributed by atoms with Crippen LogP contribution in [0.1, 0.15) is 89.7 Å². The van der Waals surface area contributed by atoms with E-state index < -0.39 is 12.6 Å². The fourth-order valence-electron chi connectivity index (χ4n) is 4.85. The molecule has 1 aromatic carbocycles. The second kappa shape index (κ2) is 10.8. The first-order chi connectivity index (χ1) is 13.6. The molecule has 1 aromatic rings. The second-order valence-electron chi connectivity index (χ2n) is 9.90. The number of halogens is 3. The summed E-state index contributed by atoms with van der Waals surface area (Å²) in [4.78, 5) is 2.54. The van der Waals surface area contributed by atoms with E-state index in [0.717, 1.165) is 31.6 Å². The first kappa shape index (κ1) is 24.2. The topological polar surface area (TPSA) is 3.24 Å². The van der Waals surface area contributed by atoms with E-state index in [-0.39, 0.29) is 11.3 Å². The van der Waals surface area contributed by atoms with Crippen molar-refractivity contribution in [1.29, 1.82) is 0 Å². The summed E-state index contributed by atoms with van der Waals surface area (Å²) in [6.45, 7) is 12.3. The lowest BCUT2D eigenvalue weighted by Crippen LogP contribution is -2.40. The van der Waals surface area contributed by atoms with Crippen LogP contribution in [0.15, 0.2) is 24.3 Å². The maximum Gasteiger partial charge on any atom is 0.393 e. The molecule has 2 atom stereocenters. The highest BCUT2D eigenvalue weighted by Crippen LogP contribution is 2.41. The predicted molar refractivity (Wildman–Crippen MR) is 116 cm³/mol. The van der Waals surface area contributed by atoms with Gasteiger partial charge in [0.1, 0.15) is 0 Å². The third-order valence-electron chi connectivity index (χ3n) is 6.56. The monoisotopic (exact) mass is 411 g/mol. The summed E-state index contributed by atoms with van der Waals surface area (Å²) < 4.78 is 38.9. The summed E-state index contributed by atoms with van der Waals surface area (Å²) >= 11 is 0. The van der Waals surface area contributed by atoms with Gasteiger partial charge in [-0.1, -0.05) is 77.6 Å². The van der Waals surface area contributed by atoms with Crippen molar-refractivity contribution < 1.29 is 13.2 Å². The van der Waals surface area contributed by atoms with Gasteiger partial charge < -0.3 is 4.90 Å². The van der Waals surface area contributed by atoms with E-state index >= 15 is 0 Å². The Morgan fingerprint density at radius 3 is 2.55 bits per heavy atom. The Morgan fingerprint density at radius 2 is 1.90 bits per heavy atom. The van der Waals surface area contributed by atoms with E-state index in [1.165, 1.54) is 38.5 Å². The van der Waals surface area contributed by atoms with Crippen LogP contribution in [0.25, 0.3) is 0 Å². The maximum absolute atomic E-state index is 13.0. The third kappa shape index (κ3) is 8.32. The Labute approximate surface area is 176 Å². The first-order valence-corrected chi connectivity index (χ1v) is 11.5. The number of rotatable bonds is 10. The zero-order valence-electron chi connectivity index (χ0n) is 18.8. The SMILES string of the molecule is CCCCCCC(C)(C)C(CN1CCCC(C)C1)c1cccc(CC(F)(F)F)c1. The summed E-state index contributed by atoms with van der Waals surface area (Å²) in [7, 11) is 0. The van der Waals surface area contributed by atoms with Gasteiger partial charge in [0.05, 0.1) is 6.42 Å². The van der Waals surface area contributed by atoms with Crippen molar-refractivity contribution in [2.45, 2.75) is 91.2 Å². The molecule has 0 aromatic heterocycles. The molecule has 0 N–H and O–H groups in total. The summed E-state index contributed by atoms with van der Waals surface area (Å²) in [6, 6.07) is 7.30. The molecule has 1 heterocycles. The number of unbranched alkanes of at least 4 members (excludes halogenated alkanes) is 3. The Balaban J connectivity index is 2.22. The highest BCUT2D eigenvalue weighted by Gasteiger charge is 2.34. The molecular formula is C25H40F3N. The molecule has 1 aliphatic heterocycles. The van der Waals surface area contributed by atoms with Gasteiger partial charge in [0.2, 0.25) is 0 Å². The molecule has 0 aliphatic carbocycles. The minimum atomic E-state index is -4.16. The summed E-state index contributed by atoms with van der Waals surface area (Å²) in [5.74, 6) is 0.955. The van der Waals surface area contributed by atoms with Crippen LogP contribution in [0.2, 0.25) is 0 Å². The lowest BCUT2D eigenvalue weighted by molar-refractivity contribution is -0.127. The first-order valence-electron chi connectivity index (χ1n) is 11.5. The number of alkyl halides is 3. The summed E-state index contributed by atoms with van der Waals surface area (Å²) in [5, 5.41) is 0. The van der Waals surface area contributed by atoms with Crippen molar-refractivity contribution in [1.82, 2.24) is 4.90 Å². The van der Waals surface area contributed by atoms with Gasteiger partial charge in [0.25, 0.3) is 0 Å². The van der Waals surface area contributed by atoms with Crippen molar-refractivity contribution in [3.63, 3.8) is 0 Å². The zero-order valence-corrected chi connectivity index (χ0v) is 18.8. The van der Waals surface area contributed by atoms with E-state index in [1.807, 2.05) is 18.2 Å². The number of benzene rings is 1. The molecule has 1 fully saturated rings. The van der Waals surface area contributed by atoms with Crippen LogP contribution in [-0.2, 0) is 6.42 Å². The predicted octanol–water partition coefficient (Wildman–Crippen LogP) is 7.60. The fraction of sp³-hybridized carbons (Fsp3) is 0.760. The van der Waals surface area contributed by atoms with E-state index in [2.05, 4.69) is 32.6 Å². The van der Waals surface area contributed by atoms with E-state index in [4.69, 9.17) is 0 Å². The van der Waals surface area contributed by atoms with Crippen LogP contribution in [-0.4, -0.2) is 30.7 Å². The molecule has 1 aliphatic rings. The van der Waals surface area contributed by atoms with Crippen LogP contribution in [0.4, 0.5) is 13.2 Å². The largest absolute Gasteiger partial charge is 0.393 e. The molecule has 1 saturated heterocycles. The van der Waals surface area contributed by atoms with Crippen molar-refractivity contribution in [2.75, 3.05) is 19.6 Å². The van der Waals surface area contributed by atoms with Gasteiger partial charge in [-0.05, 0) is 48.3 Å². The normalized spacial score (nSPS) is 20.0. The van der Waals surface area contributed by atoms with Gasteiger partial charge in [-0.25, -0.2) is 0 Å². The smallest absolute Gasteiger partial charge is 0.302 e. The highest BCUT2D eigenvalue weighted by atomic mass is 19.4. The quantitative estimate of drug-likeness (QED) is 0.358. The van der Waals surface area contributed by atoms with Crippen molar-refractivity contribution in [3.05, 3.63) is 35.4 Å². The molecular weight excluding hydrogens is 371 g/mol. The van der Waals surface area contributed by atoms with Crippen LogP contribution >= 0.6 is 0 Å². The number of piperidine rings is 1. The minimum Gasteiger partial charge on any atom is -0.302 e. The number of hydrogen-bond donors (Lipinski definition) is 0. The Morgan fingerprint density at radius 1 is 1.14 bits per heavy atom. The molecule has 0 saturated carbocycles. The van der Waals surface area contributed by atoms with Gasteiger partial charge in [-0.2, -0.15) is 13.2 Å². The maximum atomic E-state index is 13.0. The van der Waals surface area contributed by atoms with Gasteiger partial charge in [0, 0.05) is 19.0 Å². The second-order valence-corrected chi connectivity index (χ2v) is 9.90. The van der Waals surface area contributed by atoms with Gasteiger partial charge in [0.15, 0.2) is 0 Å². The average molecular weight is 412 g/mol. The highest BCUT2D eigenvalue weighted by molar-refractivity contribution is 5.29. The molecule has 0 radical (unpaired) electrons. The van der Waals surface area contributed by atoms with Crippen LogP contribution in [0, 0.1) is 11.3 Å². The van der Waals surface area contributed by atoms with Crippen molar-refractivity contribution in [2.24, 2.45) is 11.3 Å². The fourth-order valence-corrected chi connectivity index (χ4v) is 4.85. The molecule has 1 nitrogen and oxygen atoms in total. The van der Waals surface area contributed by atoms with Gasteiger partial charge in [-0.15, -0.1) is 0 Å². The van der Waals surface area contributed by atoms with E-state index in [9.17, 15) is 13.2 Å². The number of likely N-dealkylation sites (tertiary alicyclic amines) is 1. The molecule has 166 valence electrons. The molecule has 2 rings (SSSR count). The lowest BCUT2D eigenvalue weighted by Gasteiger charge is -2.41. The van der Waals surface area contributed by atoms with Crippen LogP contribution in [0.3, 0.4) is 0 Å². The van der Waals surface area contributed by atoms with Gasteiger partial charge >= 0.3 is 6.18 Å². The van der Waals surface area contributed by atoms with Gasteiger partial charge in [-0.3, -0.25) is 0 Å². The standard InChI is InChI=1S/C25H40F3N/c1-5-6-7-8-14-24(3,4)23(19-29-15-10-11-20(2)18-29)22-13-9-12-21(16-22)17-25(26,27)28/h9,12-13,16,20,23H,5-8,10-11,14-15,17-19H2,1-4H3. The molecule has 0 bridgehead atoms. The van der Waals surface area contributed by atoms with Crippen LogP contribution in [0.5, 0.6) is 0 Å². The Hall–Kier alpha value is -1.03. The molecule has 4 heteroatoms.